The molecule has 2 aromatic rings. The van der Waals surface area contributed by atoms with Gasteiger partial charge in [-0.2, -0.15) is 13.2 Å². The smallest absolute Gasteiger partial charge is 0.225 e. The number of rotatable bonds is 6. The molecule has 3 N–H and O–H groups in total. The highest BCUT2D eigenvalue weighted by Crippen LogP contribution is 2.33. The molecule has 0 aliphatic heterocycles. The van der Waals surface area contributed by atoms with Crippen molar-refractivity contribution in [2.45, 2.75) is 22.4 Å². The lowest BCUT2D eigenvalue weighted by Crippen LogP contribution is -2.26. The molecule has 6 nitrogen and oxygen atoms in total. The zero-order valence-corrected chi connectivity index (χ0v) is 15.9. The van der Waals surface area contributed by atoms with E-state index in [2.05, 4.69) is 4.72 Å². The van der Waals surface area contributed by atoms with E-state index in [-0.39, 0.29) is 22.9 Å². The molecular weight excluding hydrogens is 429 g/mol. The summed E-state index contributed by atoms with van der Waals surface area (Å²) in [5.74, 6) is 0. The van der Waals surface area contributed by atoms with Gasteiger partial charge < -0.3 is 0 Å². The Kier molecular flexibility index (Phi) is 6.22. The topological polar surface area (TPSA) is 106 Å². The Bertz CT molecular complexity index is 1040. The second kappa shape index (κ2) is 7.76. The Hall–Kier alpha value is -1.66. The number of nitrogens with one attached hydrogen (secondary N) is 1. The van der Waals surface area contributed by atoms with Crippen LogP contribution in [0.25, 0.3) is 0 Å². The molecule has 0 aromatic heterocycles. The third-order valence-electron chi connectivity index (χ3n) is 3.51. The van der Waals surface area contributed by atoms with Gasteiger partial charge in [0.15, 0.2) is 0 Å². The van der Waals surface area contributed by atoms with Crippen molar-refractivity contribution >= 4 is 31.6 Å². The largest absolute Gasteiger partial charge is 0.416 e. The molecule has 0 bridgehead atoms. The Labute approximate surface area is 159 Å². The highest BCUT2D eigenvalue weighted by Gasteiger charge is 2.32. The summed E-state index contributed by atoms with van der Waals surface area (Å²) in [7, 11) is -8.11. The molecule has 0 saturated heterocycles. The monoisotopic (exact) mass is 442 g/mol. The van der Waals surface area contributed by atoms with E-state index in [9.17, 15) is 30.0 Å². The minimum absolute atomic E-state index is 0.0948. The molecule has 0 saturated carbocycles. The van der Waals surface area contributed by atoms with E-state index in [0.717, 1.165) is 6.07 Å². The first-order valence-corrected chi connectivity index (χ1v) is 10.7. The Balaban J connectivity index is 2.11. The molecule has 0 amide bonds. The molecular formula is C15H14ClF3N2O4S2. The maximum atomic E-state index is 12.8. The van der Waals surface area contributed by atoms with Crippen LogP contribution in [0.1, 0.15) is 11.1 Å². The van der Waals surface area contributed by atoms with Crippen molar-refractivity contribution in [2.75, 3.05) is 6.54 Å². The van der Waals surface area contributed by atoms with Crippen molar-refractivity contribution in [1.82, 2.24) is 4.72 Å². The third-order valence-corrected chi connectivity index (χ3v) is 6.38. The third kappa shape index (κ3) is 5.66. The first-order valence-electron chi connectivity index (χ1n) is 7.29. The van der Waals surface area contributed by atoms with Gasteiger partial charge in [0.2, 0.25) is 20.0 Å². The highest BCUT2D eigenvalue weighted by atomic mass is 35.5. The fourth-order valence-electron chi connectivity index (χ4n) is 2.14. The van der Waals surface area contributed by atoms with Crippen molar-refractivity contribution in [3.63, 3.8) is 0 Å². The van der Waals surface area contributed by atoms with E-state index >= 15 is 0 Å². The summed E-state index contributed by atoms with van der Waals surface area (Å²) in [6.07, 6.45) is -4.54. The Morgan fingerprint density at radius 1 is 1.00 bits per heavy atom. The van der Waals surface area contributed by atoms with Crippen LogP contribution in [-0.4, -0.2) is 23.4 Å². The van der Waals surface area contributed by atoms with Gasteiger partial charge in [0.05, 0.1) is 15.5 Å². The van der Waals surface area contributed by atoms with Gasteiger partial charge in [-0.05, 0) is 42.3 Å². The molecule has 0 heterocycles. The van der Waals surface area contributed by atoms with E-state index in [1.165, 1.54) is 24.3 Å². The summed E-state index contributed by atoms with van der Waals surface area (Å²) >= 11 is 5.73. The number of benzene rings is 2. The number of primary sulfonamides is 1. The van der Waals surface area contributed by atoms with E-state index in [1.54, 1.807) is 0 Å². The van der Waals surface area contributed by atoms with E-state index in [4.69, 9.17) is 16.7 Å². The SMILES string of the molecule is NS(=O)(=O)c1ccc(CCNS(=O)(=O)c2cc(C(F)(F)F)ccc2Cl)cc1. The van der Waals surface area contributed by atoms with Gasteiger partial charge in [-0.1, -0.05) is 23.7 Å². The van der Waals surface area contributed by atoms with Crippen molar-refractivity contribution in [3.05, 3.63) is 58.6 Å². The van der Waals surface area contributed by atoms with E-state index in [1.807, 2.05) is 0 Å². The predicted octanol–water partition coefficient (Wildman–Crippen LogP) is 2.53. The average Bonchev–Trinajstić information content (AvgIpc) is 2.53. The minimum Gasteiger partial charge on any atom is -0.225 e. The summed E-state index contributed by atoms with van der Waals surface area (Å²) < 4.78 is 87.3. The normalized spacial score (nSPS) is 12.9. The fourth-order valence-corrected chi connectivity index (χ4v) is 4.21. The average molecular weight is 443 g/mol. The lowest BCUT2D eigenvalue weighted by Gasteiger charge is -2.12. The van der Waals surface area contributed by atoms with E-state index < -0.39 is 36.7 Å². The summed E-state index contributed by atoms with van der Waals surface area (Å²) in [6, 6.07) is 7.45. The molecule has 0 aliphatic carbocycles. The number of hydrogen-bond donors (Lipinski definition) is 2. The summed E-state index contributed by atoms with van der Waals surface area (Å²) in [5.41, 5.74) is -0.536. The van der Waals surface area contributed by atoms with Crippen LogP contribution in [0.5, 0.6) is 0 Å². The standard InChI is InChI=1S/C15H14ClF3N2O4S2/c16-13-6-3-11(15(17,18)19)9-14(13)27(24,25)21-8-7-10-1-4-12(5-2-10)26(20,22)23/h1-6,9,21H,7-8H2,(H2,20,22,23). The van der Waals surface area contributed by atoms with Gasteiger partial charge in [0, 0.05) is 6.54 Å². The Morgan fingerprint density at radius 2 is 1.59 bits per heavy atom. The van der Waals surface area contributed by atoms with Gasteiger partial charge in [0.25, 0.3) is 0 Å². The van der Waals surface area contributed by atoms with Gasteiger partial charge >= 0.3 is 6.18 Å². The van der Waals surface area contributed by atoms with Crippen LogP contribution in [0.3, 0.4) is 0 Å². The van der Waals surface area contributed by atoms with Crippen LogP contribution < -0.4 is 9.86 Å². The molecule has 148 valence electrons. The van der Waals surface area contributed by atoms with Crippen LogP contribution in [-0.2, 0) is 32.6 Å². The maximum Gasteiger partial charge on any atom is 0.416 e. The predicted molar refractivity (Wildman–Crippen MR) is 93.2 cm³/mol. The van der Waals surface area contributed by atoms with Crippen LogP contribution in [0.4, 0.5) is 13.2 Å². The van der Waals surface area contributed by atoms with Crippen LogP contribution in [0.2, 0.25) is 5.02 Å². The number of sulfonamides is 2. The molecule has 0 radical (unpaired) electrons. The molecule has 27 heavy (non-hydrogen) atoms. The lowest BCUT2D eigenvalue weighted by atomic mass is 10.2. The molecule has 12 heteroatoms. The van der Waals surface area contributed by atoms with Crippen LogP contribution in [0.15, 0.2) is 52.3 Å². The Morgan fingerprint density at radius 3 is 2.11 bits per heavy atom. The number of alkyl halides is 3. The summed E-state index contributed by atoms with van der Waals surface area (Å²) in [6.45, 7) is -0.135. The van der Waals surface area contributed by atoms with Gasteiger partial charge in [-0.3, -0.25) is 0 Å². The zero-order chi connectivity index (χ0) is 20.5. The van der Waals surface area contributed by atoms with E-state index in [0.29, 0.717) is 17.7 Å². The maximum absolute atomic E-state index is 12.8. The van der Waals surface area contributed by atoms with Crippen LogP contribution >= 0.6 is 11.6 Å². The van der Waals surface area contributed by atoms with Gasteiger partial charge in [-0.25, -0.2) is 26.7 Å². The second-order valence-corrected chi connectivity index (χ2v) is 9.18. The molecule has 0 aliphatic rings. The quantitative estimate of drug-likeness (QED) is 0.716. The minimum atomic E-state index is -4.71. The molecule has 2 rings (SSSR count). The molecule has 0 fully saturated rings. The lowest BCUT2D eigenvalue weighted by molar-refractivity contribution is -0.137. The zero-order valence-electron chi connectivity index (χ0n) is 13.5. The molecule has 0 unspecified atom stereocenters. The fraction of sp³-hybridized carbons (Fsp3) is 0.200. The molecule has 0 spiro atoms. The van der Waals surface area contributed by atoms with Gasteiger partial charge in [0.1, 0.15) is 4.90 Å². The van der Waals surface area contributed by atoms with Crippen molar-refractivity contribution in [2.24, 2.45) is 5.14 Å². The molecule has 0 atom stereocenters. The number of halogens is 4. The second-order valence-electron chi connectivity index (χ2n) is 5.48. The van der Waals surface area contributed by atoms with Gasteiger partial charge in [-0.15, -0.1) is 0 Å². The summed E-state index contributed by atoms with van der Waals surface area (Å²) in [4.78, 5) is -0.772. The van der Waals surface area contributed by atoms with Crippen LogP contribution in [0, 0.1) is 0 Å². The van der Waals surface area contributed by atoms with Crippen molar-refractivity contribution in [3.8, 4) is 0 Å². The first kappa shape index (κ1) is 21.6. The highest BCUT2D eigenvalue weighted by molar-refractivity contribution is 7.89. The van der Waals surface area contributed by atoms with Crippen molar-refractivity contribution in [1.29, 1.82) is 0 Å². The van der Waals surface area contributed by atoms with Crippen molar-refractivity contribution < 1.29 is 30.0 Å². The molecule has 2 aromatic carbocycles. The number of nitrogens with two attached hydrogens (primary N) is 1. The first-order chi connectivity index (χ1) is 12.3. The number of hydrogen-bond acceptors (Lipinski definition) is 4. The summed E-state index contributed by atoms with van der Waals surface area (Å²) in [5, 5.41) is 4.63.